The van der Waals surface area contributed by atoms with E-state index in [2.05, 4.69) is 33.5 Å². The van der Waals surface area contributed by atoms with Gasteiger partial charge in [-0.25, -0.2) is 4.99 Å². The van der Waals surface area contributed by atoms with Crippen molar-refractivity contribution in [3.05, 3.63) is 46.5 Å². The number of hydrogen-bond donors (Lipinski definition) is 1. The van der Waals surface area contributed by atoms with Crippen LogP contribution >= 0.6 is 11.6 Å². The summed E-state index contributed by atoms with van der Waals surface area (Å²) in [5, 5.41) is 12.7. The van der Waals surface area contributed by atoms with Gasteiger partial charge in [-0.05, 0) is 37.5 Å². The van der Waals surface area contributed by atoms with E-state index in [-0.39, 0.29) is 0 Å². The number of nitrogens with zero attached hydrogens (tertiary/aromatic N) is 5. The number of benzene rings is 1. The molecule has 7 heteroatoms. The molecule has 1 heterocycles. The van der Waals surface area contributed by atoms with Gasteiger partial charge in [0.05, 0.1) is 0 Å². The lowest BCUT2D eigenvalue weighted by atomic mass is 10.2. The largest absolute Gasteiger partial charge is 0.353 e. The summed E-state index contributed by atoms with van der Waals surface area (Å²) >= 11 is 6.12. The molecule has 1 N–H and O–H groups in total. The molecule has 140 valence electrons. The van der Waals surface area contributed by atoms with Crippen molar-refractivity contribution in [3.63, 3.8) is 0 Å². The molecule has 1 aromatic heterocycles. The predicted molar refractivity (Wildman–Crippen MR) is 105 cm³/mol. The van der Waals surface area contributed by atoms with Gasteiger partial charge in [-0.1, -0.05) is 36.6 Å². The van der Waals surface area contributed by atoms with Crippen molar-refractivity contribution in [1.82, 2.24) is 25.0 Å². The number of aromatic nitrogens is 3. The summed E-state index contributed by atoms with van der Waals surface area (Å²) < 4.78 is 1.98. The third-order valence-electron chi connectivity index (χ3n) is 4.91. The van der Waals surface area contributed by atoms with Gasteiger partial charge in [0.25, 0.3) is 0 Å². The van der Waals surface area contributed by atoms with Crippen LogP contribution in [0, 0.1) is 6.92 Å². The van der Waals surface area contributed by atoms with Crippen LogP contribution in [-0.2, 0) is 20.1 Å². The molecule has 0 spiro atoms. The maximum atomic E-state index is 6.12. The highest BCUT2D eigenvalue weighted by Crippen LogP contribution is 2.18. The van der Waals surface area contributed by atoms with E-state index in [0.29, 0.717) is 12.6 Å². The molecular formula is C19H27ClN6. The third kappa shape index (κ3) is 4.75. The molecule has 1 aromatic carbocycles. The number of aliphatic imine (C=N–C) groups is 1. The van der Waals surface area contributed by atoms with Gasteiger partial charge in [0.2, 0.25) is 0 Å². The topological polar surface area (TPSA) is 58.3 Å². The molecule has 0 aliphatic heterocycles. The summed E-state index contributed by atoms with van der Waals surface area (Å²) in [5.41, 5.74) is 1.16. The number of guanidine groups is 1. The Bertz CT molecular complexity index is 763. The Labute approximate surface area is 160 Å². The van der Waals surface area contributed by atoms with Crippen molar-refractivity contribution in [2.75, 3.05) is 7.05 Å². The molecule has 2 aromatic rings. The van der Waals surface area contributed by atoms with Crippen LogP contribution in [0.15, 0.2) is 29.3 Å². The molecule has 1 aliphatic carbocycles. The first kappa shape index (κ1) is 18.7. The van der Waals surface area contributed by atoms with E-state index in [1.807, 2.05) is 36.7 Å². The average molecular weight is 375 g/mol. The van der Waals surface area contributed by atoms with Crippen LogP contribution in [-0.4, -0.2) is 38.7 Å². The normalized spacial score (nSPS) is 15.5. The van der Waals surface area contributed by atoms with Gasteiger partial charge in [0, 0.05) is 31.7 Å². The Morgan fingerprint density at radius 3 is 2.77 bits per heavy atom. The lowest BCUT2D eigenvalue weighted by molar-refractivity contribution is 0.456. The van der Waals surface area contributed by atoms with Crippen LogP contribution in [0.5, 0.6) is 0 Å². The molecule has 0 bridgehead atoms. The molecule has 1 saturated carbocycles. The molecule has 0 amide bonds. The summed E-state index contributed by atoms with van der Waals surface area (Å²) in [6.45, 7) is 3.20. The minimum Gasteiger partial charge on any atom is -0.353 e. The molecule has 1 fully saturated rings. The van der Waals surface area contributed by atoms with Gasteiger partial charge in [0.15, 0.2) is 11.8 Å². The Kier molecular flexibility index (Phi) is 6.14. The second kappa shape index (κ2) is 8.54. The predicted octanol–water partition coefficient (Wildman–Crippen LogP) is 3.30. The van der Waals surface area contributed by atoms with E-state index in [1.165, 1.54) is 25.7 Å². The van der Waals surface area contributed by atoms with Crippen LogP contribution in [0.1, 0.15) is 42.9 Å². The van der Waals surface area contributed by atoms with Crippen LogP contribution in [0.4, 0.5) is 0 Å². The zero-order valence-corrected chi connectivity index (χ0v) is 16.5. The van der Waals surface area contributed by atoms with Gasteiger partial charge < -0.3 is 14.8 Å². The van der Waals surface area contributed by atoms with Gasteiger partial charge >= 0.3 is 0 Å². The Hall–Kier alpha value is -2.08. The number of hydrogen-bond acceptors (Lipinski definition) is 3. The van der Waals surface area contributed by atoms with Crippen LogP contribution < -0.4 is 5.32 Å². The standard InChI is InChI=1S/C19H27ClN6/c1-14-23-24-18(26(14)3)12-21-19(22-17-9-4-5-10-17)25(2)13-15-7-6-8-16(20)11-15/h6-8,11,17H,4-5,9-10,12-13H2,1-3H3,(H,21,22). The van der Waals surface area contributed by atoms with E-state index < -0.39 is 0 Å². The van der Waals surface area contributed by atoms with Crippen molar-refractivity contribution in [2.45, 2.75) is 51.7 Å². The number of rotatable bonds is 5. The SMILES string of the molecule is Cc1nnc(CN=C(NC2CCCC2)N(C)Cc2cccc(Cl)c2)n1C. The van der Waals surface area contributed by atoms with Crippen LogP contribution in [0.3, 0.4) is 0 Å². The van der Waals surface area contributed by atoms with E-state index >= 15 is 0 Å². The molecular weight excluding hydrogens is 348 g/mol. The summed E-state index contributed by atoms with van der Waals surface area (Å²) in [6, 6.07) is 8.46. The van der Waals surface area contributed by atoms with E-state index in [9.17, 15) is 0 Å². The third-order valence-corrected chi connectivity index (χ3v) is 5.15. The lowest BCUT2D eigenvalue weighted by Crippen LogP contribution is -2.43. The second-order valence-electron chi connectivity index (χ2n) is 6.97. The monoisotopic (exact) mass is 374 g/mol. The molecule has 0 unspecified atom stereocenters. The fourth-order valence-corrected chi connectivity index (χ4v) is 3.46. The van der Waals surface area contributed by atoms with Crippen molar-refractivity contribution in [1.29, 1.82) is 0 Å². The van der Waals surface area contributed by atoms with Crippen molar-refractivity contribution in [2.24, 2.45) is 12.0 Å². The Morgan fingerprint density at radius 2 is 2.12 bits per heavy atom. The number of nitrogens with one attached hydrogen (secondary N) is 1. The fourth-order valence-electron chi connectivity index (χ4n) is 3.25. The molecule has 26 heavy (non-hydrogen) atoms. The average Bonchev–Trinajstić information content (AvgIpc) is 3.23. The summed E-state index contributed by atoms with van der Waals surface area (Å²) in [4.78, 5) is 6.97. The second-order valence-corrected chi connectivity index (χ2v) is 7.41. The first-order valence-corrected chi connectivity index (χ1v) is 9.52. The van der Waals surface area contributed by atoms with Gasteiger partial charge in [0.1, 0.15) is 12.4 Å². The number of halogens is 1. The summed E-state index contributed by atoms with van der Waals surface area (Å²) in [7, 11) is 4.03. The molecule has 3 rings (SSSR count). The quantitative estimate of drug-likeness (QED) is 0.644. The molecule has 0 saturated heterocycles. The first-order chi connectivity index (χ1) is 12.5. The molecule has 0 atom stereocenters. The van der Waals surface area contributed by atoms with E-state index in [1.54, 1.807) is 0 Å². The smallest absolute Gasteiger partial charge is 0.194 e. The van der Waals surface area contributed by atoms with E-state index in [4.69, 9.17) is 16.6 Å². The summed E-state index contributed by atoms with van der Waals surface area (Å²) in [6.07, 6.45) is 4.97. The Morgan fingerprint density at radius 1 is 1.35 bits per heavy atom. The maximum Gasteiger partial charge on any atom is 0.194 e. The molecule has 0 radical (unpaired) electrons. The van der Waals surface area contributed by atoms with Crippen molar-refractivity contribution >= 4 is 17.6 Å². The van der Waals surface area contributed by atoms with Crippen LogP contribution in [0.25, 0.3) is 0 Å². The molecule has 6 nitrogen and oxygen atoms in total. The summed E-state index contributed by atoms with van der Waals surface area (Å²) in [5.74, 6) is 2.66. The maximum absolute atomic E-state index is 6.12. The molecule has 1 aliphatic rings. The zero-order valence-electron chi connectivity index (χ0n) is 15.7. The van der Waals surface area contributed by atoms with Gasteiger partial charge in [-0.3, -0.25) is 0 Å². The van der Waals surface area contributed by atoms with Crippen molar-refractivity contribution in [3.8, 4) is 0 Å². The zero-order chi connectivity index (χ0) is 18.5. The fraction of sp³-hybridized carbons (Fsp3) is 0.526. The minimum absolute atomic E-state index is 0.497. The highest BCUT2D eigenvalue weighted by atomic mass is 35.5. The highest BCUT2D eigenvalue weighted by molar-refractivity contribution is 6.30. The first-order valence-electron chi connectivity index (χ1n) is 9.14. The van der Waals surface area contributed by atoms with E-state index in [0.717, 1.165) is 34.7 Å². The highest BCUT2D eigenvalue weighted by Gasteiger charge is 2.18. The van der Waals surface area contributed by atoms with Gasteiger partial charge in [-0.15, -0.1) is 10.2 Å². The van der Waals surface area contributed by atoms with Gasteiger partial charge in [-0.2, -0.15) is 0 Å². The van der Waals surface area contributed by atoms with Crippen molar-refractivity contribution < 1.29 is 0 Å². The number of aryl methyl sites for hydroxylation is 1. The Balaban J connectivity index is 1.74. The minimum atomic E-state index is 0.497. The van der Waals surface area contributed by atoms with Crippen LogP contribution in [0.2, 0.25) is 5.02 Å². The lowest BCUT2D eigenvalue weighted by Gasteiger charge is -2.25.